The summed E-state index contributed by atoms with van der Waals surface area (Å²) >= 11 is 0. The second-order valence-corrected chi connectivity index (χ2v) is 4.47. The van der Waals surface area contributed by atoms with Gasteiger partial charge in [0.1, 0.15) is 0 Å². The second kappa shape index (κ2) is 5.92. The molecule has 1 amide bonds. The van der Waals surface area contributed by atoms with Gasteiger partial charge in [-0.1, -0.05) is 5.16 Å². The third-order valence-electron chi connectivity index (χ3n) is 3.05. The summed E-state index contributed by atoms with van der Waals surface area (Å²) in [5.74, 6) is 0.840. The fourth-order valence-corrected chi connectivity index (χ4v) is 2.12. The topological polar surface area (TPSA) is 80.0 Å². The maximum absolute atomic E-state index is 12.0. The van der Waals surface area contributed by atoms with E-state index in [1.807, 2.05) is 18.2 Å². The number of hydrogen-bond donors (Lipinski definition) is 2. The molecular formula is C13H15ClN4O2. The molecule has 0 fully saturated rings. The summed E-state index contributed by atoms with van der Waals surface area (Å²) in [6.45, 7) is 2.92. The molecule has 1 aromatic heterocycles. The van der Waals surface area contributed by atoms with Gasteiger partial charge >= 0.3 is 0 Å². The van der Waals surface area contributed by atoms with Crippen molar-refractivity contribution in [2.45, 2.75) is 19.9 Å². The average molecular weight is 295 g/mol. The molecule has 7 heteroatoms. The Hall–Kier alpha value is -2.08. The number of anilines is 1. The lowest BCUT2D eigenvalue weighted by Crippen LogP contribution is -2.23. The first-order valence-electron chi connectivity index (χ1n) is 6.16. The zero-order valence-electron chi connectivity index (χ0n) is 11.0. The summed E-state index contributed by atoms with van der Waals surface area (Å²) in [5.41, 5.74) is 2.95. The molecule has 0 aliphatic carbocycles. The van der Waals surface area contributed by atoms with Crippen molar-refractivity contribution in [3.63, 3.8) is 0 Å². The second-order valence-electron chi connectivity index (χ2n) is 4.47. The van der Waals surface area contributed by atoms with E-state index in [-0.39, 0.29) is 24.9 Å². The van der Waals surface area contributed by atoms with Gasteiger partial charge in [0.05, 0.1) is 6.54 Å². The Labute approximate surface area is 122 Å². The van der Waals surface area contributed by atoms with E-state index in [1.54, 1.807) is 6.92 Å². The third-order valence-corrected chi connectivity index (χ3v) is 3.05. The first-order chi connectivity index (χ1) is 9.22. The minimum absolute atomic E-state index is 0. The number of rotatable bonds is 3. The van der Waals surface area contributed by atoms with Crippen LogP contribution in [-0.4, -0.2) is 22.6 Å². The van der Waals surface area contributed by atoms with Gasteiger partial charge in [0.2, 0.25) is 5.89 Å². The molecule has 0 atom stereocenters. The first kappa shape index (κ1) is 14.3. The highest BCUT2D eigenvalue weighted by Gasteiger charge is 2.14. The molecule has 0 saturated heterocycles. The molecule has 106 valence electrons. The van der Waals surface area contributed by atoms with Crippen LogP contribution >= 0.6 is 12.4 Å². The van der Waals surface area contributed by atoms with Crippen molar-refractivity contribution >= 4 is 24.0 Å². The number of benzene rings is 1. The van der Waals surface area contributed by atoms with Gasteiger partial charge in [0.25, 0.3) is 5.91 Å². The number of nitrogens with zero attached hydrogens (tertiary/aromatic N) is 2. The number of amides is 1. The van der Waals surface area contributed by atoms with Crippen molar-refractivity contribution in [1.82, 2.24) is 15.5 Å². The van der Waals surface area contributed by atoms with Gasteiger partial charge in [0.15, 0.2) is 5.82 Å². The zero-order valence-corrected chi connectivity index (χ0v) is 11.8. The summed E-state index contributed by atoms with van der Waals surface area (Å²) in [6.07, 6.45) is 0.958. The zero-order chi connectivity index (χ0) is 13.2. The molecule has 0 unspecified atom stereocenters. The number of carbonyl (C=O) groups is 1. The predicted octanol–water partition coefficient (Wildman–Crippen LogP) is 1.70. The van der Waals surface area contributed by atoms with E-state index < -0.39 is 0 Å². The van der Waals surface area contributed by atoms with Crippen LogP contribution in [0.2, 0.25) is 0 Å². The van der Waals surface area contributed by atoms with Gasteiger partial charge in [-0.05, 0) is 37.1 Å². The molecule has 1 aromatic carbocycles. The van der Waals surface area contributed by atoms with Crippen molar-refractivity contribution in [1.29, 1.82) is 0 Å². The van der Waals surface area contributed by atoms with Crippen LogP contribution < -0.4 is 10.6 Å². The monoisotopic (exact) mass is 294 g/mol. The Balaban J connectivity index is 0.00000147. The fraction of sp³-hybridized carbons (Fsp3) is 0.308. The van der Waals surface area contributed by atoms with Crippen molar-refractivity contribution in [3.8, 4) is 0 Å². The highest BCUT2D eigenvalue weighted by atomic mass is 35.5. The number of halogens is 1. The summed E-state index contributed by atoms with van der Waals surface area (Å²) in [4.78, 5) is 16.0. The highest BCUT2D eigenvalue weighted by Crippen LogP contribution is 2.22. The van der Waals surface area contributed by atoms with Crippen molar-refractivity contribution < 1.29 is 9.32 Å². The van der Waals surface area contributed by atoms with E-state index in [4.69, 9.17) is 4.52 Å². The molecular weight excluding hydrogens is 280 g/mol. The molecule has 2 heterocycles. The van der Waals surface area contributed by atoms with Crippen molar-refractivity contribution in [3.05, 3.63) is 41.0 Å². The molecule has 6 nitrogen and oxygen atoms in total. The van der Waals surface area contributed by atoms with Crippen LogP contribution in [0, 0.1) is 6.92 Å². The Kier molecular flexibility index (Phi) is 4.24. The quantitative estimate of drug-likeness (QED) is 0.900. The van der Waals surface area contributed by atoms with Crippen molar-refractivity contribution in [2.24, 2.45) is 0 Å². The molecule has 0 radical (unpaired) electrons. The molecule has 2 N–H and O–H groups in total. The summed E-state index contributed by atoms with van der Waals surface area (Å²) in [6, 6.07) is 5.67. The van der Waals surface area contributed by atoms with Crippen LogP contribution in [0.25, 0.3) is 0 Å². The number of fused-ring (bicyclic) bond motifs is 1. The van der Waals surface area contributed by atoms with E-state index in [0.29, 0.717) is 17.3 Å². The van der Waals surface area contributed by atoms with Gasteiger partial charge in [-0.3, -0.25) is 4.79 Å². The Bertz CT molecular complexity index is 627. The summed E-state index contributed by atoms with van der Waals surface area (Å²) in [7, 11) is 0. The molecule has 2 aromatic rings. The van der Waals surface area contributed by atoms with Gasteiger partial charge in [-0.2, -0.15) is 4.98 Å². The lowest BCUT2D eigenvalue weighted by molar-refractivity contribution is 0.0946. The maximum atomic E-state index is 12.0. The van der Waals surface area contributed by atoms with Crippen LogP contribution in [0.1, 0.15) is 27.6 Å². The van der Waals surface area contributed by atoms with E-state index in [2.05, 4.69) is 20.8 Å². The smallest absolute Gasteiger partial charge is 0.251 e. The molecule has 0 spiro atoms. The van der Waals surface area contributed by atoms with E-state index >= 15 is 0 Å². The standard InChI is InChI=1S/C13H14N4O2.ClH/c1-8-16-12(19-17-8)7-15-13(18)10-2-3-11-9(6-10)4-5-14-11;/h2-3,6,14H,4-5,7H2,1H3,(H,15,18);1H. The number of nitrogens with one attached hydrogen (secondary N) is 2. The van der Waals surface area contributed by atoms with E-state index in [0.717, 1.165) is 18.7 Å². The largest absolute Gasteiger partial charge is 0.384 e. The first-order valence-corrected chi connectivity index (χ1v) is 6.16. The van der Waals surface area contributed by atoms with Crippen LogP contribution in [-0.2, 0) is 13.0 Å². The van der Waals surface area contributed by atoms with Crippen LogP contribution in [0.4, 0.5) is 5.69 Å². The number of hydrogen-bond acceptors (Lipinski definition) is 5. The molecule has 1 aliphatic rings. The molecule has 3 rings (SSSR count). The molecule has 20 heavy (non-hydrogen) atoms. The maximum Gasteiger partial charge on any atom is 0.251 e. The van der Waals surface area contributed by atoms with Crippen LogP contribution in [0.5, 0.6) is 0 Å². The normalized spacial score (nSPS) is 12.2. The molecule has 0 bridgehead atoms. The van der Waals surface area contributed by atoms with E-state index in [1.165, 1.54) is 5.56 Å². The lowest BCUT2D eigenvalue weighted by Gasteiger charge is -2.05. The minimum atomic E-state index is -0.134. The number of carbonyl (C=O) groups excluding carboxylic acids is 1. The van der Waals surface area contributed by atoms with Gasteiger partial charge in [-0.15, -0.1) is 12.4 Å². The number of aromatic nitrogens is 2. The Morgan fingerprint density at radius 1 is 1.50 bits per heavy atom. The van der Waals surface area contributed by atoms with Gasteiger partial charge in [0, 0.05) is 17.8 Å². The molecule has 1 aliphatic heterocycles. The van der Waals surface area contributed by atoms with Crippen molar-refractivity contribution in [2.75, 3.05) is 11.9 Å². The average Bonchev–Trinajstić information content (AvgIpc) is 3.03. The predicted molar refractivity (Wildman–Crippen MR) is 76.1 cm³/mol. The Morgan fingerprint density at radius 2 is 2.35 bits per heavy atom. The Morgan fingerprint density at radius 3 is 3.10 bits per heavy atom. The SMILES string of the molecule is Cc1noc(CNC(=O)c2ccc3c(c2)CCN3)n1.Cl. The third kappa shape index (κ3) is 2.91. The van der Waals surface area contributed by atoms with Gasteiger partial charge in [-0.25, -0.2) is 0 Å². The van der Waals surface area contributed by atoms with Crippen LogP contribution in [0.3, 0.4) is 0 Å². The van der Waals surface area contributed by atoms with Crippen LogP contribution in [0.15, 0.2) is 22.7 Å². The summed E-state index contributed by atoms with van der Waals surface area (Å²) in [5, 5.41) is 9.69. The van der Waals surface area contributed by atoms with Gasteiger partial charge < -0.3 is 15.2 Å². The fourth-order valence-electron chi connectivity index (χ4n) is 2.12. The minimum Gasteiger partial charge on any atom is -0.384 e. The van der Waals surface area contributed by atoms with E-state index in [9.17, 15) is 4.79 Å². The highest BCUT2D eigenvalue weighted by molar-refractivity contribution is 5.94. The lowest BCUT2D eigenvalue weighted by atomic mass is 10.1. The number of aryl methyl sites for hydroxylation is 1. The molecule has 0 saturated carbocycles. The summed E-state index contributed by atoms with van der Waals surface area (Å²) < 4.78 is 4.94.